The number of fused-ring (bicyclic) bond motifs is 10. The number of hydrogen-bond acceptors (Lipinski definition) is 3. The molecule has 1 aromatic heterocycles. The Bertz CT molecular complexity index is 1650. The molecule has 1 spiro atoms. The van der Waals surface area contributed by atoms with Crippen molar-refractivity contribution in [2.24, 2.45) is 0 Å². The van der Waals surface area contributed by atoms with Crippen LogP contribution in [0.5, 0.6) is 17.2 Å². The molecule has 0 fully saturated rings. The van der Waals surface area contributed by atoms with Crippen LogP contribution in [0, 0.1) is 0 Å². The third kappa shape index (κ3) is 2.82. The molecule has 7 rings (SSSR count). The van der Waals surface area contributed by atoms with Gasteiger partial charge in [0.05, 0.1) is 5.69 Å². The highest BCUT2D eigenvalue weighted by molar-refractivity contribution is 6.30. The summed E-state index contributed by atoms with van der Waals surface area (Å²) in [5.74, 6) is 2.32. The lowest BCUT2D eigenvalue weighted by Gasteiger charge is -2.43. The average molecular weight is 493 g/mol. The molecule has 178 valence electrons. The number of ether oxygens (including phenoxy) is 2. The summed E-state index contributed by atoms with van der Waals surface area (Å²) < 4.78 is 13.7. The van der Waals surface area contributed by atoms with Crippen LogP contribution in [0.3, 0.4) is 0 Å². The minimum absolute atomic E-state index is 0.627. The number of nitrogens with one attached hydrogen (secondary N) is 1. The average Bonchev–Trinajstić information content (AvgIpc) is 3.30. The van der Waals surface area contributed by atoms with Gasteiger partial charge in [0.25, 0.3) is 0 Å². The fraction of sp³-hybridized carbons (Fsp3) is 0.161. The van der Waals surface area contributed by atoms with Crippen LogP contribution in [0.1, 0.15) is 30.5 Å². The van der Waals surface area contributed by atoms with Crippen LogP contribution in [0.15, 0.2) is 84.9 Å². The molecule has 1 atom stereocenters. The van der Waals surface area contributed by atoms with Gasteiger partial charge in [0, 0.05) is 63.0 Å². The molecule has 5 aromatic rings. The van der Waals surface area contributed by atoms with E-state index in [1.165, 1.54) is 0 Å². The van der Waals surface area contributed by atoms with Crippen LogP contribution < -0.4 is 14.4 Å². The largest absolute Gasteiger partial charge is 0.472 e. The van der Waals surface area contributed by atoms with E-state index in [-0.39, 0.29) is 0 Å². The Morgan fingerprint density at radius 1 is 0.806 bits per heavy atom. The Morgan fingerprint density at radius 2 is 1.53 bits per heavy atom. The van der Waals surface area contributed by atoms with Gasteiger partial charge in [0.2, 0.25) is 0 Å². The summed E-state index contributed by atoms with van der Waals surface area (Å²) in [6, 6.07) is 29.0. The summed E-state index contributed by atoms with van der Waals surface area (Å²) in [6.45, 7) is 6.16. The van der Waals surface area contributed by atoms with Crippen molar-refractivity contribution in [1.29, 1.82) is 0 Å². The van der Waals surface area contributed by atoms with Crippen molar-refractivity contribution in [1.82, 2.24) is 4.98 Å². The minimum Gasteiger partial charge on any atom is -0.472 e. The fourth-order valence-corrected chi connectivity index (χ4v) is 6.04. The molecule has 0 bridgehead atoms. The van der Waals surface area contributed by atoms with Gasteiger partial charge in [-0.05, 0) is 62.4 Å². The molecular weight excluding hydrogens is 468 g/mol. The maximum atomic E-state index is 7.14. The zero-order valence-corrected chi connectivity index (χ0v) is 20.9. The topological polar surface area (TPSA) is 37.5 Å². The number of nitrogens with zero attached hydrogens (tertiary/aromatic N) is 1. The van der Waals surface area contributed by atoms with Crippen LogP contribution in [0.2, 0.25) is 5.02 Å². The van der Waals surface area contributed by atoms with E-state index in [0.717, 1.165) is 69.1 Å². The molecule has 36 heavy (non-hydrogen) atoms. The SMILES string of the molecule is CCN(CC)c1ccc2c(c1)Oc1cc(Cl)ccc1C21Oc2ccccc2-c2[nH]c3ccccc3c21. The summed E-state index contributed by atoms with van der Waals surface area (Å²) in [4.78, 5) is 6.03. The second-order valence-corrected chi connectivity index (χ2v) is 9.73. The van der Waals surface area contributed by atoms with E-state index in [2.05, 4.69) is 78.3 Å². The minimum atomic E-state index is -0.904. The second-order valence-electron chi connectivity index (χ2n) is 9.30. The van der Waals surface area contributed by atoms with Gasteiger partial charge in [-0.25, -0.2) is 0 Å². The molecule has 4 aromatic carbocycles. The smallest absolute Gasteiger partial charge is 0.194 e. The zero-order valence-electron chi connectivity index (χ0n) is 20.1. The van der Waals surface area contributed by atoms with E-state index >= 15 is 0 Å². The highest BCUT2D eigenvalue weighted by Crippen LogP contribution is 2.59. The molecule has 1 N–H and O–H groups in total. The van der Waals surface area contributed by atoms with Crippen molar-refractivity contribution in [3.05, 3.63) is 107 Å². The van der Waals surface area contributed by atoms with Crippen LogP contribution >= 0.6 is 11.6 Å². The summed E-state index contributed by atoms with van der Waals surface area (Å²) in [6.07, 6.45) is 0. The number of hydrogen-bond donors (Lipinski definition) is 1. The van der Waals surface area contributed by atoms with E-state index in [4.69, 9.17) is 21.1 Å². The van der Waals surface area contributed by atoms with Gasteiger partial charge in [-0.3, -0.25) is 0 Å². The van der Waals surface area contributed by atoms with Crippen molar-refractivity contribution in [2.75, 3.05) is 18.0 Å². The van der Waals surface area contributed by atoms with Crippen LogP contribution in [0.4, 0.5) is 5.69 Å². The van der Waals surface area contributed by atoms with Gasteiger partial charge in [0.15, 0.2) is 5.60 Å². The molecule has 3 heterocycles. The van der Waals surface area contributed by atoms with Crippen molar-refractivity contribution < 1.29 is 9.47 Å². The first-order valence-electron chi connectivity index (χ1n) is 12.4. The number of aromatic nitrogens is 1. The Labute approximate surface area is 215 Å². The molecule has 1 unspecified atom stereocenters. The number of H-pyrrole nitrogens is 1. The normalized spacial score (nSPS) is 17.0. The number of rotatable bonds is 3. The number of aromatic amines is 1. The lowest BCUT2D eigenvalue weighted by atomic mass is 9.74. The first-order valence-corrected chi connectivity index (χ1v) is 12.8. The molecule has 2 aliphatic rings. The summed E-state index contributed by atoms with van der Waals surface area (Å²) in [5.41, 5.74) is 6.43. The van der Waals surface area contributed by atoms with Gasteiger partial charge in [-0.15, -0.1) is 0 Å². The standard InChI is InChI=1S/C31H25ClN2O2/c1-3-34(4-2)20-14-16-24-28(18-20)35-27-17-19(32)13-15-23(27)31(24)29-21-9-5-7-11-25(21)33-30(29)22-10-6-8-12-26(22)36-31/h5-18,33H,3-4H2,1-2H3. The maximum absolute atomic E-state index is 7.14. The van der Waals surface area contributed by atoms with Gasteiger partial charge >= 0.3 is 0 Å². The Balaban J connectivity index is 1.61. The monoisotopic (exact) mass is 492 g/mol. The molecule has 0 saturated carbocycles. The molecule has 0 amide bonds. The molecular formula is C31H25ClN2O2. The van der Waals surface area contributed by atoms with Crippen molar-refractivity contribution in [3.63, 3.8) is 0 Å². The number of benzene rings is 4. The first kappa shape index (κ1) is 21.4. The van der Waals surface area contributed by atoms with E-state index < -0.39 is 5.60 Å². The predicted molar refractivity (Wildman–Crippen MR) is 146 cm³/mol. The van der Waals surface area contributed by atoms with Crippen molar-refractivity contribution >= 4 is 28.2 Å². The van der Waals surface area contributed by atoms with E-state index in [1.807, 2.05) is 30.3 Å². The number of para-hydroxylation sites is 2. The number of halogens is 1. The van der Waals surface area contributed by atoms with Crippen LogP contribution in [-0.4, -0.2) is 18.1 Å². The second kappa shape index (κ2) is 7.81. The first-order chi connectivity index (χ1) is 17.6. The van der Waals surface area contributed by atoms with Gasteiger partial charge in [-0.2, -0.15) is 0 Å². The van der Waals surface area contributed by atoms with E-state index in [0.29, 0.717) is 10.8 Å². The van der Waals surface area contributed by atoms with Crippen molar-refractivity contribution in [2.45, 2.75) is 19.4 Å². The van der Waals surface area contributed by atoms with Crippen molar-refractivity contribution in [3.8, 4) is 28.5 Å². The lowest BCUT2D eigenvalue weighted by Crippen LogP contribution is -2.41. The van der Waals surface area contributed by atoms with Crippen LogP contribution in [-0.2, 0) is 5.60 Å². The van der Waals surface area contributed by atoms with Gasteiger partial charge in [0.1, 0.15) is 17.2 Å². The van der Waals surface area contributed by atoms with Crippen LogP contribution in [0.25, 0.3) is 22.2 Å². The molecule has 0 radical (unpaired) electrons. The molecule has 0 saturated heterocycles. The molecule has 5 heteroatoms. The highest BCUT2D eigenvalue weighted by Gasteiger charge is 2.52. The molecule has 4 nitrogen and oxygen atoms in total. The third-order valence-electron chi connectivity index (χ3n) is 7.49. The third-order valence-corrected chi connectivity index (χ3v) is 7.73. The zero-order chi connectivity index (χ0) is 24.4. The predicted octanol–water partition coefficient (Wildman–Crippen LogP) is 8.12. The maximum Gasteiger partial charge on any atom is 0.194 e. The summed E-state index contributed by atoms with van der Waals surface area (Å²) >= 11 is 6.48. The summed E-state index contributed by atoms with van der Waals surface area (Å²) in [7, 11) is 0. The highest BCUT2D eigenvalue weighted by atomic mass is 35.5. The van der Waals surface area contributed by atoms with E-state index in [9.17, 15) is 0 Å². The number of anilines is 1. The summed E-state index contributed by atoms with van der Waals surface area (Å²) in [5, 5.41) is 1.76. The molecule has 2 aliphatic heterocycles. The Morgan fingerprint density at radius 3 is 2.36 bits per heavy atom. The molecule has 0 aliphatic carbocycles. The van der Waals surface area contributed by atoms with E-state index in [1.54, 1.807) is 0 Å². The Hall–Kier alpha value is -3.89. The van der Waals surface area contributed by atoms with Gasteiger partial charge < -0.3 is 19.4 Å². The lowest BCUT2D eigenvalue weighted by molar-refractivity contribution is 0.139. The Kier molecular flexibility index (Phi) is 4.64. The van der Waals surface area contributed by atoms with Gasteiger partial charge in [-0.1, -0.05) is 41.9 Å². The quantitative estimate of drug-likeness (QED) is 0.276. The fourth-order valence-electron chi connectivity index (χ4n) is 5.87.